The fourth-order valence-corrected chi connectivity index (χ4v) is 4.88. The summed E-state index contributed by atoms with van der Waals surface area (Å²) in [7, 11) is 1.51. The summed E-state index contributed by atoms with van der Waals surface area (Å²) in [6.45, 7) is 2.09. The van der Waals surface area contributed by atoms with Crippen molar-refractivity contribution in [2.24, 2.45) is 22.7 Å². The molecule has 3 aliphatic rings. The predicted molar refractivity (Wildman–Crippen MR) is 108 cm³/mol. The molecule has 0 aromatic heterocycles. The van der Waals surface area contributed by atoms with Crippen LogP contribution in [0.15, 0.2) is 4.99 Å². The number of methoxy groups -OCH3 is 1. The quantitative estimate of drug-likeness (QED) is 0.282. The van der Waals surface area contributed by atoms with Crippen molar-refractivity contribution < 1.29 is 31.5 Å². The molecule has 32 heavy (non-hydrogen) atoms. The molecule has 184 valence electrons. The third kappa shape index (κ3) is 6.07. The molecule has 0 aromatic carbocycles. The van der Waals surface area contributed by atoms with Crippen LogP contribution in [0.25, 0.3) is 0 Å². The fraction of sp³-hybridized carbons (Fsp3) is 0.900. The fourth-order valence-electron chi connectivity index (χ4n) is 4.88. The van der Waals surface area contributed by atoms with Crippen LogP contribution in [0, 0.1) is 17.8 Å². The molecule has 1 heterocycles. The number of carbonyl (C=O) groups is 1. The van der Waals surface area contributed by atoms with Gasteiger partial charge in [-0.25, -0.2) is 19.2 Å². The lowest BCUT2D eigenvalue weighted by molar-refractivity contribution is -0.191. The van der Waals surface area contributed by atoms with Gasteiger partial charge in [0.2, 0.25) is 5.91 Å². The van der Waals surface area contributed by atoms with Crippen molar-refractivity contribution in [1.82, 2.24) is 21.5 Å². The van der Waals surface area contributed by atoms with Crippen LogP contribution in [0.2, 0.25) is 0 Å². The molecule has 12 heteroatoms. The summed E-state index contributed by atoms with van der Waals surface area (Å²) in [4.78, 5) is 17.2. The third-order valence-corrected chi connectivity index (χ3v) is 6.54. The number of hydrogen-bond donors (Lipinski definition) is 4. The van der Waals surface area contributed by atoms with E-state index in [9.17, 15) is 26.7 Å². The van der Waals surface area contributed by atoms with Crippen LogP contribution in [-0.2, 0) is 9.53 Å². The van der Waals surface area contributed by atoms with E-state index in [1.165, 1.54) is 7.11 Å². The number of rotatable bonds is 5. The van der Waals surface area contributed by atoms with E-state index in [1.54, 1.807) is 6.92 Å². The minimum absolute atomic E-state index is 0.0318. The van der Waals surface area contributed by atoms with Gasteiger partial charge in [-0.1, -0.05) is 6.42 Å². The molecule has 1 aliphatic heterocycles. The zero-order valence-electron chi connectivity index (χ0n) is 18.2. The summed E-state index contributed by atoms with van der Waals surface area (Å²) < 4.78 is 72.5. The van der Waals surface area contributed by atoms with Gasteiger partial charge in [0.25, 0.3) is 0 Å². The van der Waals surface area contributed by atoms with Crippen LogP contribution in [0.5, 0.6) is 0 Å². The third-order valence-electron chi connectivity index (χ3n) is 6.54. The van der Waals surface area contributed by atoms with Crippen molar-refractivity contribution in [2.75, 3.05) is 13.7 Å². The predicted octanol–water partition coefficient (Wildman–Crippen LogP) is 2.34. The van der Waals surface area contributed by atoms with E-state index in [0.717, 1.165) is 0 Å². The maximum absolute atomic E-state index is 13.8. The summed E-state index contributed by atoms with van der Waals surface area (Å²) >= 11 is 0. The maximum atomic E-state index is 13.8. The van der Waals surface area contributed by atoms with Crippen LogP contribution in [-0.4, -0.2) is 62.4 Å². The topological polar surface area (TPSA) is 86.8 Å². The Balaban J connectivity index is 1.73. The number of halogens is 5. The molecule has 0 bridgehead atoms. The van der Waals surface area contributed by atoms with Crippen LogP contribution in [0.4, 0.5) is 22.0 Å². The molecule has 7 nitrogen and oxygen atoms in total. The van der Waals surface area contributed by atoms with Crippen molar-refractivity contribution >= 4 is 11.9 Å². The van der Waals surface area contributed by atoms with Gasteiger partial charge in [0.15, 0.2) is 5.96 Å². The Morgan fingerprint density at radius 1 is 1.16 bits per heavy atom. The lowest BCUT2D eigenvalue weighted by atomic mass is 9.76. The van der Waals surface area contributed by atoms with E-state index in [1.807, 2.05) is 0 Å². The molecule has 8 atom stereocenters. The molecule has 3 fully saturated rings. The van der Waals surface area contributed by atoms with Crippen LogP contribution in [0.1, 0.15) is 45.4 Å². The van der Waals surface area contributed by atoms with Crippen LogP contribution < -0.4 is 21.5 Å². The second-order valence-corrected chi connectivity index (χ2v) is 9.01. The van der Waals surface area contributed by atoms with E-state index in [2.05, 4.69) is 26.5 Å². The minimum Gasteiger partial charge on any atom is -0.383 e. The van der Waals surface area contributed by atoms with Crippen molar-refractivity contribution in [3.8, 4) is 0 Å². The van der Waals surface area contributed by atoms with E-state index in [4.69, 9.17) is 4.74 Å². The number of aliphatic imine (C=N–C) groups is 1. The first kappa shape index (κ1) is 25.1. The lowest BCUT2D eigenvalue weighted by Crippen LogP contribution is -2.50. The second kappa shape index (κ2) is 10.6. The number of hydrogen-bond acceptors (Lipinski definition) is 5. The van der Waals surface area contributed by atoms with E-state index in [0.29, 0.717) is 19.4 Å². The minimum atomic E-state index is -4.31. The summed E-state index contributed by atoms with van der Waals surface area (Å²) in [6.07, 6.45) is -7.22. The van der Waals surface area contributed by atoms with Crippen molar-refractivity contribution in [2.45, 2.75) is 82.2 Å². The Bertz CT molecular complexity index is 679. The Labute approximate surface area is 184 Å². The number of amides is 1. The number of ether oxygens (including phenoxy) is 1. The largest absolute Gasteiger partial charge is 0.393 e. The summed E-state index contributed by atoms with van der Waals surface area (Å²) in [5.41, 5.74) is 5.58. The molecule has 2 saturated carbocycles. The highest BCUT2D eigenvalue weighted by molar-refractivity contribution is 5.98. The number of carbonyl (C=O) groups excluding carboxylic acids is 1. The maximum Gasteiger partial charge on any atom is 0.393 e. The average Bonchev–Trinajstić information content (AvgIpc) is 3.12. The molecule has 1 saturated heterocycles. The van der Waals surface area contributed by atoms with Gasteiger partial charge in [-0.05, 0) is 39.0 Å². The first-order valence-corrected chi connectivity index (χ1v) is 11.1. The summed E-state index contributed by atoms with van der Waals surface area (Å²) in [5, 5.41) is 5.65. The van der Waals surface area contributed by atoms with Crippen molar-refractivity contribution in [1.29, 1.82) is 0 Å². The van der Waals surface area contributed by atoms with Crippen LogP contribution in [0.3, 0.4) is 0 Å². The molecule has 2 aliphatic carbocycles. The van der Waals surface area contributed by atoms with Crippen molar-refractivity contribution in [3.63, 3.8) is 0 Å². The summed E-state index contributed by atoms with van der Waals surface area (Å²) in [6, 6.07) is -1.06. The van der Waals surface area contributed by atoms with Crippen molar-refractivity contribution in [3.05, 3.63) is 0 Å². The molecule has 3 rings (SSSR count). The smallest absolute Gasteiger partial charge is 0.383 e. The molecule has 1 amide bonds. The monoisotopic (exact) mass is 469 g/mol. The van der Waals surface area contributed by atoms with Crippen LogP contribution >= 0.6 is 0 Å². The van der Waals surface area contributed by atoms with E-state index < -0.39 is 54.4 Å². The molecular weight excluding hydrogens is 437 g/mol. The Morgan fingerprint density at radius 2 is 1.91 bits per heavy atom. The SMILES string of the molecule is COC[C@H](C)N/C(=N\C1NNC2C1CCCC2C(F)(F)F)NC(=O)C1CCC(F)C(F)C1. The standard InChI is InChI=1S/C20H32F5N5O2/c1-10(9-32-2)26-19(28-18(31)11-6-7-14(21)15(22)8-11)27-17-12-4-3-5-13(20(23,24)25)16(12)29-30-17/h10-17,29-30H,3-9H2,1-2H3,(H2,26,27,28,31)/t10-,11?,12?,13?,14?,15?,16?,17?/m0/s1. The first-order valence-electron chi connectivity index (χ1n) is 11.1. The number of nitrogens with zero attached hydrogens (tertiary/aromatic N) is 1. The number of nitrogens with one attached hydrogen (secondary N) is 4. The van der Waals surface area contributed by atoms with Gasteiger partial charge in [-0.15, -0.1) is 0 Å². The van der Waals surface area contributed by atoms with Gasteiger partial charge in [0.1, 0.15) is 18.5 Å². The summed E-state index contributed by atoms with van der Waals surface area (Å²) in [5.74, 6) is -2.99. The Hall–Kier alpha value is -1.53. The van der Waals surface area contributed by atoms with Gasteiger partial charge < -0.3 is 10.1 Å². The zero-order chi connectivity index (χ0) is 23.5. The normalized spacial score (nSPS) is 37.0. The number of alkyl halides is 5. The molecule has 0 radical (unpaired) electrons. The second-order valence-electron chi connectivity index (χ2n) is 9.01. The van der Waals surface area contributed by atoms with Gasteiger partial charge in [0.05, 0.1) is 12.5 Å². The van der Waals surface area contributed by atoms with Gasteiger partial charge >= 0.3 is 6.18 Å². The number of fused-ring (bicyclic) bond motifs is 1. The molecule has 0 aromatic rings. The molecule has 0 spiro atoms. The highest BCUT2D eigenvalue weighted by Crippen LogP contribution is 2.42. The Morgan fingerprint density at radius 3 is 2.56 bits per heavy atom. The Kier molecular flexibility index (Phi) is 8.31. The van der Waals surface area contributed by atoms with Gasteiger partial charge in [-0.2, -0.15) is 13.2 Å². The number of guanidine groups is 1. The lowest BCUT2D eigenvalue weighted by Gasteiger charge is -2.34. The van der Waals surface area contributed by atoms with E-state index >= 15 is 0 Å². The highest BCUT2D eigenvalue weighted by atomic mass is 19.4. The number of hydrazine groups is 1. The van der Waals surface area contributed by atoms with E-state index in [-0.39, 0.29) is 37.7 Å². The van der Waals surface area contributed by atoms with Gasteiger partial charge in [0, 0.05) is 31.0 Å². The zero-order valence-corrected chi connectivity index (χ0v) is 18.2. The van der Waals surface area contributed by atoms with Gasteiger partial charge in [-0.3, -0.25) is 15.5 Å². The highest BCUT2D eigenvalue weighted by Gasteiger charge is 2.53. The first-order chi connectivity index (χ1) is 15.1. The molecule has 4 N–H and O–H groups in total. The molecular formula is C20H32F5N5O2. The molecule has 7 unspecified atom stereocenters. The average molecular weight is 469 g/mol.